The second kappa shape index (κ2) is 12.6. The van der Waals surface area contributed by atoms with Gasteiger partial charge in [-0.1, -0.05) is 11.8 Å². The topological polar surface area (TPSA) is 121 Å². The first kappa shape index (κ1) is 28.4. The van der Waals surface area contributed by atoms with Crippen molar-refractivity contribution in [3.05, 3.63) is 68.8 Å². The quantitative estimate of drug-likeness (QED) is 0.0753. The Hall–Kier alpha value is -4.16. The molecule has 1 aliphatic carbocycles. The molecular weight excluding hydrogens is 564 g/mol. The summed E-state index contributed by atoms with van der Waals surface area (Å²) in [6.45, 7) is 1.31. The lowest BCUT2D eigenvalue weighted by molar-refractivity contribution is -0.132. The molecule has 0 saturated carbocycles. The third-order valence-corrected chi connectivity index (χ3v) is 8.59. The van der Waals surface area contributed by atoms with Gasteiger partial charge in [0.15, 0.2) is 16.7 Å². The average molecular weight is 593 g/mol. The minimum absolute atomic E-state index is 0.00869. The van der Waals surface area contributed by atoms with Crippen LogP contribution in [-0.2, 0) is 22.4 Å². The molecule has 0 atom stereocenters. The normalized spacial score (nSPS) is 12.8. The van der Waals surface area contributed by atoms with Gasteiger partial charge in [-0.3, -0.25) is 19.0 Å². The van der Waals surface area contributed by atoms with Gasteiger partial charge in [0.2, 0.25) is 0 Å². The van der Waals surface area contributed by atoms with E-state index in [0.717, 1.165) is 31.2 Å². The third-order valence-electron chi connectivity index (χ3n) is 6.47. The predicted molar refractivity (Wildman–Crippen MR) is 159 cm³/mol. The maximum absolute atomic E-state index is 13.9. The summed E-state index contributed by atoms with van der Waals surface area (Å²) in [7, 11) is 3.05. The molecular formula is C29H28N4O6S2. The van der Waals surface area contributed by atoms with Gasteiger partial charge in [-0.05, 0) is 79.3 Å². The van der Waals surface area contributed by atoms with E-state index in [1.807, 2.05) is 12.1 Å². The van der Waals surface area contributed by atoms with Crippen molar-refractivity contribution in [2.45, 2.75) is 37.8 Å². The number of esters is 1. The van der Waals surface area contributed by atoms with Crippen molar-refractivity contribution >= 4 is 51.4 Å². The van der Waals surface area contributed by atoms with E-state index in [4.69, 9.17) is 19.2 Å². The maximum atomic E-state index is 13.9. The first-order valence-electron chi connectivity index (χ1n) is 12.9. The molecule has 2 aromatic carbocycles. The van der Waals surface area contributed by atoms with Crippen molar-refractivity contribution in [2.75, 3.05) is 20.0 Å². The number of nitrogens with zero attached hydrogens (tertiary/aromatic N) is 3. The van der Waals surface area contributed by atoms with E-state index in [1.54, 1.807) is 53.3 Å². The van der Waals surface area contributed by atoms with Crippen LogP contribution in [0.15, 0.2) is 57.5 Å². The Kier molecular flexibility index (Phi) is 8.70. The molecule has 0 spiro atoms. The number of amides is 1. The number of hydrazone groups is 1. The molecule has 2 heterocycles. The van der Waals surface area contributed by atoms with E-state index in [0.29, 0.717) is 38.1 Å². The molecule has 1 amide bonds. The Morgan fingerprint density at radius 2 is 1.88 bits per heavy atom. The molecule has 4 aromatic rings. The van der Waals surface area contributed by atoms with Gasteiger partial charge in [0.1, 0.15) is 10.6 Å². The number of nitrogens with one attached hydrogen (secondary N) is 1. The first-order valence-corrected chi connectivity index (χ1v) is 14.7. The summed E-state index contributed by atoms with van der Waals surface area (Å²) in [6, 6.07) is 12.1. The summed E-state index contributed by atoms with van der Waals surface area (Å²) >= 11 is 2.74. The molecule has 1 aliphatic rings. The number of rotatable bonds is 9. The smallest absolute Gasteiger partial charge is 0.308 e. The minimum Gasteiger partial charge on any atom is -0.497 e. The van der Waals surface area contributed by atoms with Crippen molar-refractivity contribution in [2.24, 2.45) is 5.10 Å². The number of benzene rings is 2. The van der Waals surface area contributed by atoms with Gasteiger partial charge < -0.3 is 14.2 Å². The van der Waals surface area contributed by atoms with Crippen molar-refractivity contribution in [3.8, 4) is 22.9 Å². The monoisotopic (exact) mass is 592 g/mol. The number of thiophene rings is 1. The zero-order valence-electron chi connectivity index (χ0n) is 22.8. The number of aromatic nitrogens is 2. The summed E-state index contributed by atoms with van der Waals surface area (Å²) in [5.74, 6) is 0.491. The molecule has 0 saturated heterocycles. The highest BCUT2D eigenvalue weighted by Crippen LogP contribution is 2.35. The zero-order valence-corrected chi connectivity index (χ0v) is 24.4. The second-order valence-corrected chi connectivity index (χ2v) is 11.2. The van der Waals surface area contributed by atoms with Gasteiger partial charge in [-0.15, -0.1) is 11.3 Å². The lowest BCUT2D eigenvalue weighted by Crippen LogP contribution is -2.24. The van der Waals surface area contributed by atoms with Crippen LogP contribution in [0.25, 0.3) is 15.9 Å². The Morgan fingerprint density at radius 3 is 2.61 bits per heavy atom. The Balaban J connectivity index is 1.36. The van der Waals surface area contributed by atoms with Crippen molar-refractivity contribution < 1.29 is 23.8 Å². The molecule has 1 N–H and O–H groups in total. The van der Waals surface area contributed by atoms with Gasteiger partial charge >= 0.3 is 5.97 Å². The van der Waals surface area contributed by atoms with Crippen molar-refractivity contribution in [1.29, 1.82) is 0 Å². The van der Waals surface area contributed by atoms with Crippen LogP contribution in [0.5, 0.6) is 17.2 Å². The van der Waals surface area contributed by atoms with E-state index >= 15 is 0 Å². The number of carbonyl (C=O) groups excluding carboxylic acids is 2. The maximum Gasteiger partial charge on any atom is 0.308 e. The highest BCUT2D eigenvalue weighted by Gasteiger charge is 2.23. The number of methoxy groups -OCH3 is 2. The molecule has 10 nitrogen and oxygen atoms in total. The molecule has 0 aliphatic heterocycles. The van der Waals surface area contributed by atoms with Crippen LogP contribution in [0, 0.1) is 0 Å². The standard InChI is InChI=1S/C29H28N4O6S2/c1-17(34)39-22-13-8-18(14-23(22)38-3)15-30-32-25(35)16-40-29-31-27-26(21-6-4-5-7-24(21)41-27)28(36)33(29)19-9-11-20(37-2)12-10-19/h8-15H,4-7,16H2,1-3H3,(H,32,35). The second-order valence-electron chi connectivity index (χ2n) is 9.21. The summed E-state index contributed by atoms with van der Waals surface area (Å²) in [5, 5.41) is 5.13. The van der Waals surface area contributed by atoms with Gasteiger partial charge in [0, 0.05) is 11.8 Å². The predicted octanol–water partition coefficient (Wildman–Crippen LogP) is 4.51. The Morgan fingerprint density at radius 1 is 1.10 bits per heavy atom. The van der Waals surface area contributed by atoms with Crippen LogP contribution in [0.4, 0.5) is 0 Å². The van der Waals surface area contributed by atoms with Gasteiger partial charge in [0.05, 0.1) is 37.3 Å². The fraction of sp³-hybridized carbons (Fsp3) is 0.276. The van der Waals surface area contributed by atoms with Crippen LogP contribution >= 0.6 is 23.1 Å². The van der Waals surface area contributed by atoms with E-state index in [-0.39, 0.29) is 23.0 Å². The number of carbonyl (C=O) groups is 2. The molecule has 0 bridgehead atoms. The molecule has 12 heteroatoms. The molecule has 2 aromatic heterocycles. The van der Waals surface area contributed by atoms with E-state index in [1.165, 1.54) is 36.9 Å². The number of hydrogen-bond acceptors (Lipinski definition) is 10. The molecule has 0 unspecified atom stereocenters. The summed E-state index contributed by atoms with van der Waals surface area (Å²) in [6.07, 6.45) is 5.45. The third kappa shape index (κ3) is 6.28. The summed E-state index contributed by atoms with van der Waals surface area (Å²) in [5.41, 5.74) is 4.76. The number of ether oxygens (including phenoxy) is 3. The van der Waals surface area contributed by atoms with Crippen LogP contribution in [0.3, 0.4) is 0 Å². The minimum atomic E-state index is -0.459. The number of fused-ring (bicyclic) bond motifs is 3. The summed E-state index contributed by atoms with van der Waals surface area (Å²) < 4.78 is 17.2. The van der Waals surface area contributed by atoms with E-state index in [2.05, 4.69) is 10.5 Å². The number of hydrogen-bond donors (Lipinski definition) is 1. The highest BCUT2D eigenvalue weighted by atomic mass is 32.2. The molecule has 41 heavy (non-hydrogen) atoms. The highest BCUT2D eigenvalue weighted by molar-refractivity contribution is 7.99. The first-order chi connectivity index (χ1) is 19.9. The molecule has 5 rings (SSSR count). The fourth-order valence-electron chi connectivity index (χ4n) is 4.59. The zero-order chi connectivity index (χ0) is 28.9. The lowest BCUT2D eigenvalue weighted by Gasteiger charge is -2.14. The van der Waals surface area contributed by atoms with Gasteiger partial charge in [-0.2, -0.15) is 5.10 Å². The molecule has 0 fully saturated rings. The average Bonchev–Trinajstić information content (AvgIpc) is 3.35. The Labute approximate surface area is 244 Å². The van der Waals surface area contributed by atoms with Crippen LogP contribution in [-0.4, -0.2) is 47.6 Å². The van der Waals surface area contributed by atoms with Gasteiger partial charge in [-0.25, -0.2) is 10.4 Å². The van der Waals surface area contributed by atoms with Gasteiger partial charge in [0.25, 0.3) is 11.5 Å². The number of thioether (sulfide) groups is 1. The van der Waals surface area contributed by atoms with E-state index in [9.17, 15) is 14.4 Å². The molecule has 0 radical (unpaired) electrons. The van der Waals surface area contributed by atoms with Crippen LogP contribution < -0.4 is 25.2 Å². The fourth-order valence-corrected chi connectivity index (χ4v) is 6.69. The van der Waals surface area contributed by atoms with E-state index < -0.39 is 5.97 Å². The molecule has 212 valence electrons. The lowest BCUT2D eigenvalue weighted by atomic mass is 9.97. The van der Waals surface area contributed by atoms with Crippen molar-refractivity contribution in [3.63, 3.8) is 0 Å². The SMILES string of the molecule is COc1ccc(-n2c(SCC(=O)NN=Cc3ccc(OC(C)=O)c(OC)c3)nc3sc4c(c3c2=O)CCCC4)cc1. The van der Waals surface area contributed by atoms with Crippen molar-refractivity contribution in [1.82, 2.24) is 15.0 Å². The largest absolute Gasteiger partial charge is 0.497 e. The van der Waals surface area contributed by atoms with Crippen LogP contribution in [0.1, 0.15) is 35.8 Å². The Bertz CT molecular complexity index is 1690. The van der Waals surface area contributed by atoms with Crippen LogP contribution in [0.2, 0.25) is 0 Å². The summed E-state index contributed by atoms with van der Waals surface area (Å²) in [4.78, 5) is 44.6. The number of aryl methyl sites for hydroxylation is 2.